The Labute approximate surface area is 153 Å². The van der Waals surface area contributed by atoms with Crippen molar-refractivity contribution in [2.45, 2.75) is 24.9 Å². The molecule has 2 heterocycles. The van der Waals surface area contributed by atoms with Crippen molar-refractivity contribution >= 4 is 17.7 Å². The summed E-state index contributed by atoms with van der Waals surface area (Å²) >= 11 is 1.06. The Morgan fingerprint density at radius 3 is 3.00 bits per heavy atom. The Balaban J connectivity index is 1.63. The van der Waals surface area contributed by atoms with Crippen LogP contribution in [0.1, 0.15) is 29.8 Å². The number of fused-ring (bicyclic) bond motifs is 1. The summed E-state index contributed by atoms with van der Waals surface area (Å²) in [5.41, 5.74) is 1.05. The van der Waals surface area contributed by atoms with Crippen LogP contribution in [-0.4, -0.2) is 28.4 Å². The number of benzene rings is 1. The van der Waals surface area contributed by atoms with Gasteiger partial charge in [0.2, 0.25) is 12.7 Å². The molecule has 0 saturated heterocycles. The molecule has 1 atom stereocenters. The number of nitrogens with zero attached hydrogens (tertiary/aromatic N) is 2. The summed E-state index contributed by atoms with van der Waals surface area (Å²) in [5.74, 6) is 1.14. The van der Waals surface area contributed by atoms with Crippen molar-refractivity contribution in [1.29, 1.82) is 5.26 Å². The minimum Gasteiger partial charge on any atom is -0.454 e. The van der Waals surface area contributed by atoms with Crippen molar-refractivity contribution in [3.05, 3.63) is 45.5 Å². The van der Waals surface area contributed by atoms with Gasteiger partial charge < -0.3 is 19.8 Å². The molecule has 0 spiro atoms. The lowest BCUT2D eigenvalue weighted by molar-refractivity contribution is -0.119. The van der Waals surface area contributed by atoms with Crippen LogP contribution in [-0.2, 0) is 4.79 Å². The van der Waals surface area contributed by atoms with Gasteiger partial charge in [0.15, 0.2) is 11.5 Å². The third kappa shape index (κ3) is 3.81. The molecule has 9 heteroatoms. The number of thioether (sulfide) groups is 1. The Bertz CT molecular complexity index is 951. The third-order valence-electron chi connectivity index (χ3n) is 3.81. The van der Waals surface area contributed by atoms with Gasteiger partial charge in [-0.05, 0) is 31.5 Å². The predicted octanol–water partition coefficient (Wildman–Crippen LogP) is 1.65. The Morgan fingerprint density at radius 2 is 2.23 bits per heavy atom. The van der Waals surface area contributed by atoms with Crippen LogP contribution in [0.5, 0.6) is 11.5 Å². The summed E-state index contributed by atoms with van der Waals surface area (Å²) in [7, 11) is 0. The van der Waals surface area contributed by atoms with Gasteiger partial charge >= 0.3 is 5.69 Å². The van der Waals surface area contributed by atoms with Crippen molar-refractivity contribution in [3.8, 4) is 17.6 Å². The Kier molecular flexibility index (Phi) is 5.14. The van der Waals surface area contributed by atoms with Crippen LogP contribution in [0, 0.1) is 18.3 Å². The van der Waals surface area contributed by atoms with E-state index in [4.69, 9.17) is 9.47 Å². The summed E-state index contributed by atoms with van der Waals surface area (Å²) in [4.78, 5) is 29.9. The number of aromatic nitrogens is 2. The van der Waals surface area contributed by atoms with Crippen molar-refractivity contribution in [2.75, 3.05) is 12.5 Å². The predicted molar refractivity (Wildman–Crippen MR) is 94.2 cm³/mol. The van der Waals surface area contributed by atoms with E-state index in [0.717, 1.165) is 17.3 Å². The van der Waals surface area contributed by atoms with E-state index in [1.165, 1.54) is 0 Å². The number of carbonyl (C=O) groups excluding carboxylic acids is 1. The first-order chi connectivity index (χ1) is 12.5. The largest absolute Gasteiger partial charge is 0.454 e. The van der Waals surface area contributed by atoms with E-state index >= 15 is 0 Å². The number of aromatic amines is 1. The quantitative estimate of drug-likeness (QED) is 0.605. The number of aryl methyl sites for hydroxylation is 1. The maximum atomic E-state index is 12.2. The molecule has 1 aromatic heterocycles. The lowest BCUT2D eigenvalue weighted by Gasteiger charge is -2.14. The molecule has 0 bridgehead atoms. The van der Waals surface area contributed by atoms with Crippen molar-refractivity contribution in [2.24, 2.45) is 0 Å². The smallest absolute Gasteiger partial charge is 0.346 e. The highest BCUT2D eigenvalue weighted by Crippen LogP contribution is 2.34. The second-order valence-electron chi connectivity index (χ2n) is 5.65. The minimum atomic E-state index is -0.543. The Morgan fingerprint density at radius 1 is 1.46 bits per heavy atom. The average molecular weight is 372 g/mol. The molecule has 8 nitrogen and oxygen atoms in total. The first kappa shape index (κ1) is 17.8. The van der Waals surface area contributed by atoms with Crippen LogP contribution in [0.25, 0.3) is 0 Å². The monoisotopic (exact) mass is 372 g/mol. The molecule has 26 heavy (non-hydrogen) atoms. The molecule has 2 N–H and O–H groups in total. The average Bonchev–Trinajstić information content (AvgIpc) is 3.07. The number of nitrogens with one attached hydrogen (secondary N) is 2. The van der Waals surface area contributed by atoms with Gasteiger partial charge in [-0.15, -0.1) is 0 Å². The van der Waals surface area contributed by atoms with Crippen molar-refractivity contribution < 1.29 is 14.3 Å². The van der Waals surface area contributed by atoms with E-state index in [0.29, 0.717) is 17.2 Å². The van der Waals surface area contributed by atoms with Crippen molar-refractivity contribution in [3.63, 3.8) is 0 Å². The topological polar surface area (TPSA) is 117 Å². The summed E-state index contributed by atoms with van der Waals surface area (Å²) in [6.45, 7) is 3.67. The van der Waals surface area contributed by atoms with E-state index in [1.54, 1.807) is 13.0 Å². The van der Waals surface area contributed by atoms with Crippen LogP contribution >= 0.6 is 11.8 Å². The maximum Gasteiger partial charge on any atom is 0.346 e. The van der Waals surface area contributed by atoms with Gasteiger partial charge in [0, 0.05) is 5.69 Å². The fourth-order valence-corrected chi connectivity index (χ4v) is 3.32. The van der Waals surface area contributed by atoms with Gasteiger partial charge in [-0.25, -0.2) is 4.79 Å². The number of carbonyl (C=O) groups is 1. The standard InChI is InChI=1S/C17H16N4O4S/c1-9(11-3-4-13-14(5-11)25-8-24-13)19-15(22)7-26-16-12(6-18)10(2)20-17(23)21-16/h3-5,9H,7-8H2,1-2H3,(H,19,22)(H,20,21,23)/t9-/m1/s1. The van der Waals surface area contributed by atoms with Crippen LogP contribution in [0.4, 0.5) is 0 Å². The second kappa shape index (κ2) is 7.49. The minimum absolute atomic E-state index is 0.0411. The molecule has 2 aromatic rings. The molecule has 0 fully saturated rings. The van der Waals surface area contributed by atoms with E-state index in [9.17, 15) is 14.9 Å². The molecule has 1 amide bonds. The SMILES string of the molecule is Cc1[nH]c(=O)nc(SCC(=O)N[C@H](C)c2ccc3c(c2)OCO3)c1C#N. The summed E-state index contributed by atoms with van der Waals surface area (Å²) in [5, 5.41) is 12.3. The van der Waals surface area contributed by atoms with Crippen LogP contribution in [0.15, 0.2) is 28.0 Å². The zero-order valence-electron chi connectivity index (χ0n) is 14.2. The number of nitriles is 1. The van der Waals surface area contributed by atoms with Crippen LogP contribution in [0.2, 0.25) is 0 Å². The number of amides is 1. The molecule has 1 aliphatic rings. The molecular weight excluding hydrogens is 356 g/mol. The van der Waals surface area contributed by atoms with Gasteiger partial charge in [0.1, 0.15) is 16.7 Å². The molecule has 0 radical (unpaired) electrons. The van der Waals surface area contributed by atoms with E-state index < -0.39 is 5.69 Å². The molecule has 0 unspecified atom stereocenters. The lowest BCUT2D eigenvalue weighted by atomic mass is 10.1. The first-order valence-corrected chi connectivity index (χ1v) is 8.79. The number of hydrogen-bond donors (Lipinski definition) is 2. The number of H-pyrrole nitrogens is 1. The fraction of sp³-hybridized carbons (Fsp3) is 0.294. The molecule has 0 saturated carbocycles. The van der Waals surface area contributed by atoms with Gasteiger partial charge in [-0.2, -0.15) is 10.2 Å². The van der Waals surface area contributed by atoms with Crippen LogP contribution in [0.3, 0.4) is 0 Å². The summed E-state index contributed by atoms with van der Waals surface area (Å²) < 4.78 is 10.6. The van der Waals surface area contributed by atoms with Crippen LogP contribution < -0.4 is 20.5 Å². The first-order valence-electron chi connectivity index (χ1n) is 7.80. The molecule has 0 aliphatic carbocycles. The number of rotatable bonds is 5. The lowest BCUT2D eigenvalue weighted by Crippen LogP contribution is -2.28. The normalized spacial score (nSPS) is 13.1. The fourth-order valence-electron chi connectivity index (χ4n) is 2.48. The van der Waals surface area contributed by atoms with E-state index in [-0.39, 0.29) is 35.1 Å². The second-order valence-corrected chi connectivity index (χ2v) is 6.61. The number of hydrogen-bond acceptors (Lipinski definition) is 7. The molecule has 134 valence electrons. The van der Waals surface area contributed by atoms with Gasteiger partial charge in [0.05, 0.1) is 11.8 Å². The van der Waals surface area contributed by atoms with Gasteiger partial charge in [-0.3, -0.25) is 4.79 Å². The third-order valence-corrected chi connectivity index (χ3v) is 4.79. The highest BCUT2D eigenvalue weighted by atomic mass is 32.2. The van der Waals surface area contributed by atoms with Crippen molar-refractivity contribution in [1.82, 2.24) is 15.3 Å². The summed E-state index contributed by atoms with van der Waals surface area (Å²) in [6.07, 6.45) is 0. The number of ether oxygens (including phenoxy) is 2. The summed E-state index contributed by atoms with van der Waals surface area (Å²) in [6, 6.07) is 7.25. The maximum absolute atomic E-state index is 12.2. The van der Waals surface area contributed by atoms with E-state index in [2.05, 4.69) is 15.3 Å². The zero-order valence-corrected chi connectivity index (χ0v) is 15.0. The molecule has 3 rings (SSSR count). The Hall–Kier alpha value is -2.99. The van der Waals surface area contributed by atoms with Gasteiger partial charge in [0.25, 0.3) is 0 Å². The highest BCUT2D eigenvalue weighted by Gasteiger charge is 2.18. The van der Waals surface area contributed by atoms with Gasteiger partial charge in [-0.1, -0.05) is 17.8 Å². The highest BCUT2D eigenvalue weighted by molar-refractivity contribution is 8.00. The zero-order chi connectivity index (χ0) is 18.7. The molecule has 1 aromatic carbocycles. The van der Waals surface area contributed by atoms with E-state index in [1.807, 2.05) is 25.1 Å². The molecule has 1 aliphatic heterocycles. The molecular formula is C17H16N4O4S.